The molecule has 148 valence electrons. The predicted octanol–water partition coefficient (Wildman–Crippen LogP) is 2.56. The van der Waals surface area contributed by atoms with E-state index in [1.165, 1.54) is 0 Å². The lowest BCUT2D eigenvalue weighted by atomic mass is 10.2. The van der Waals surface area contributed by atoms with Crippen LogP contribution in [0.2, 0.25) is 0 Å². The fourth-order valence-electron chi connectivity index (χ4n) is 3.28. The first-order chi connectivity index (χ1) is 13.7. The third-order valence-electron chi connectivity index (χ3n) is 4.63. The van der Waals surface area contributed by atoms with Crippen LogP contribution in [0.1, 0.15) is 0 Å². The average Bonchev–Trinajstić information content (AvgIpc) is 3.21. The maximum atomic E-state index is 5.47. The molecule has 9 nitrogen and oxygen atoms in total. The van der Waals surface area contributed by atoms with Gasteiger partial charge in [0, 0.05) is 37.1 Å². The van der Waals surface area contributed by atoms with Gasteiger partial charge in [0.2, 0.25) is 11.7 Å². The minimum absolute atomic E-state index is 0.478. The molecule has 0 saturated carbocycles. The van der Waals surface area contributed by atoms with Crippen LogP contribution in [0.3, 0.4) is 0 Å². The Kier molecular flexibility index (Phi) is 5.07. The number of rotatable bonds is 6. The summed E-state index contributed by atoms with van der Waals surface area (Å²) in [5, 5.41) is 4.23. The molecular weight excluding hydrogens is 362 g/mol. The van der Waals surface area contributed by atoms with Crippen LogP contribution in [-0.2, 0) is 4.74 Å². The van der Waals surface area contributed by atoms with Gasteiger partial charge in [0.15, 0.2) is 11.5 Å². The van der Waals surface area contributed by atoms with Crippen molar-refractivity contribution in [1.82, 2.24) is 15.0 Å². The van der Waals surface area contributed by atoms with Crippen molar-refractivity contribution in [3.63, 3.8) is 0 Å². The van der Waals surface area contributed by atoms with E-state index >= 15 is 0 Å². The summed E-state index contributed by atoms with van der Waals surface area (Å²) < 4.78 is 21.7. The summed E-state index contributed by atoms with van der Waals surface area (Å²) in [6.07, 6.45) is 1.87. The Labute approximate surface area is 162 Å². The zero-order chi connectivity index (χ0) is 19.5. The quantitative estimate of drug-likeness (QED) is 0.669. The Morgan fingerprint density at radius 2 is 1.75 bits per heavy atom. The van der Waals surface area contributed by atoms with Gasteiger partial charge >= 0.3 is 0 Å². The minimum atomic E-state index is 0.478. The lowest BCUT2D eigenvalue weighted by molar-refractivity contribution is 0.122. The van der Waals surface area contributed by atoms with Crippen LogP contribution in [-0.4, -0.2) is 62.6 Å². The van der Waals surface area contributed by atoms with E-state index in [0.717, 1.165) is 35.6 Å². The molecule has 1 aromatic carbocycles. The molecule has 1 aliphatic heterocycles. The number of fused-ring (bicyclic) bond motifs is 1. The molecule has 3 heterocycles. The fourth-order valence-corrected chi connectivity index (χ4v) is 3.28. The first kappa shape index (κ1) is 18.2. The van der Waals surface area contributed by atoms with E-state index in [1.54, 1.807) is 21.3 Å². The first-order valence-corrected chi connectivity index (χ1v) is 8.98. The van der Waals surface area contributed by atoms with Crippen molar-refractivity contribution in [3.05, 3.63) is 24.4 Å². The molecule has 28 heavy (non-hydrogen) atoms. The maximum absolute atomic E-state index is 5.47. The number of H-pyrrole nitrogens is 1. The first-order valence-electron chi connectivity index (χ1n) is 8.98. The number of nitrogens with zero attached hydrogens (tertiary/aromatic N) is 3. The van der Waals surface area contributed by atoms with Crippen LogP contribution in [0, 0.1) is 0 Å². The highest BCUT2D eigenvalue weighted by molar-refractivity contribution is 5.89. The van der Waals surface area contributed by atoms with Gasteiger partial charge in [-0.15, -0.1) is 0 Å². The van der Waals surface area contributed by atoms with Gasteiger partial charge in [-0.25, -0.2) is 0 Å². The van der Waals surface area contributed by atoms with Gasteiger partial charge in [-0.2, -0.15) is 9.97 Å². The predicted molar refractivity (Wildman–Crippen MR) is 106 cm³/mol. The Hall–Kier alpha value is -3.20. The second-order valence-electron chi connectivity index (χ2n) is 6.25. The second-order valence-corrected chi connectivity index (χ2v) is 6.25. The number of methoxy groups -OCH3 is 3. The van der Waals surface area contributed by atoms with E-state index in [9.17, 15) is 0 Å². The summed E-state index contributed by atoms with van der Waals surface area (Å²) >= 11 is 0. The summed E-state index contributed by atoms with van der Waals surface area (Å²) in [6.45, 7) is 2.96. The number of morpholine rings is 1. The van der Waals surface area contributed by atoms with Crippen molar-refractivity contribution in [2.45, 2.75) is 0 Å². The van der Waals surface area contributed by atoms with Crippen LogP contribution in [0.15, 0.2) is 24.4 Å². The van der Waals surface area contributed by atoms with Gasteiger partial charge in [0.25, 0.3) is 0 Å². The lowest BCUT2D eigenvalue weighted by Gasteiger charge is -2.28. The molecule has 0 atom stereocenters. The van der Waals surface area contributed by atoms with E-state index in [-0.39, 0.29) is 0 Å². The lowest BCUT2D eigenvalue weighted by Crippen LogP contribution is -2.37. The Bertz CT molecular complexity index is 943. The molecule has 0 unspecified atom stereocenters. The Morgan fingerprint density at radius 3 is 2.39 bits per heavy atom. The van der Waals surface area contributed by atoms with Crippen LogP contribution in [0.5, 0.6) is 17.2 Å². The SMILES string of the molecule is COc1cc(Nc2nc(N3CCOCC3)c3cc[nH]c3n2)cc(OC)c1OC. The van der Waals surface area contributed by atoms with Gasteiger partial charge < -0.3 is 34.1 Å². The molecule has 0 aliphatic carbocycles. The van der Waals surface area contributed by atoms with Gasteiger partial charge in [0.05, 0.1) is 39.9 Å². The molecule has 9 heteroatoms. The molecule has 0 radical (unpaired) electrons. The third-order valence-corrected chi connectivity index (χ3v) is 4.63. The number of benzene rings is 1. The number of ether oxygens (including phenoxy) is 4. The van der Waals surface area contributed by atoms with Gasteiger partial charge in [-0.3, -0.25) is 0 Å². The van der Waals surface area contributed by atoms with Crippen molar-refractivity contribution in [1.29, 1.82) is 0 Å². The van der Waals surface area contributed by atoms with Crippen molar-refractivity contribution in [2.75, 3.05) is 57.8 Å². The largest absolute Gasteiger partial charge is 0.493 e. The zero-order valence-corrected chi connectivity index (χ0v) is 16.1. The number of hydrogen-bond acceptors (Lipinski definition) is 8. The molecule has 3 aromatic rings. The highest BCUT2D eigenvalue weighted by atomic mass is 16.5. The molecular formula is C19H23N5O4. The third kappa shape index (κ3) is 3.36. The fraction of sp³-hybridized carbons (Fsp3) is 0.368. The summed E-state index contributed by atoms with van der Waals surface area (Å²) in [7, 11) is 4.74. The molecule has 0 spiro atoms. The number of aromatic amines is 1. The van der Waals surface area contributed by atoms with Crippen LogP contribution in [0.25, 0.3) is 11.0 Å². The molecule has 1 fully saturated rings. The number of aromatic nitrogens is 3. The minimum Gasteiger partial charge on any atom is -0.493 e. The maximum Gasteiger partial charge on any atom is 0.231 e. The van der Waals surface area contributed by atoms with Crippen molar-refractivity contribution < 1.29 is 18.9 Å². The highest BCUT2D eigenvalue weighted by Crippen LogP contribution is 2.40. The average molecular weight is 385 g/mol. The van der Waals surface area contributed by atoms with Gasteiger partial charge in [0.1, 0.15) is 11.5 Å². The van der Waals surface area contributed by atoms with Crippen molar-refractivity contribution in [3.8, 4) is 17.2 Å². The molecule has 4 rings (SSSR count). The summed E-state index contributed by atoms with van der Waals surface area (Å²) in [6, 6.07) is 5.62. The molecule has 2 aromatic heterocycles. The molecule has 1 saturated heterocycles. The van der Waals surface area contributed by atoms with Gasteiger partial charge in [-0.05, 0) is 6.07 Å². The van der Waals surface area contributed by atoms with E-state index in [0.29, 0.717) is 36.4 Å². The molecule has 2 N–H and O–H groups in total. The Morgan fingerprint density at radius 1 is 1.04 bits per heavy atom. The summed E-state index contributed by atoms with van der Waals surface area (Å²) in [5.41, 5.74) is 1.50. The number of anilines is 3. The van der Waals surface area contributed by atoms with E-state index in [4.69, 9.17) is 23.9 Å². The zero-order valence-electron chi connectivity index (χ0n) is 16.1. The number of hydrogen-bond donors (Lipinski definition) is 2. The van der Waals surface area contributed by atoms with Crippen molar-refractivity contribution >= 4 is 28.5 Å². The van der Waals surface area contributed by atoms with E-state index in [2.05, 4.69) is 20.2 Å². The van der Waals surface area contributed by atoms with E-state index in [1.807, 2.05) is 24.4 Å². The van der Waals surface area contributed by atoms with Crippen LogP contribution >= 0.6 is 0 Å². The standard InChI is InChI=1S/C19H23N5O4/c1-25-14-10-12(11-15(26-2)16(14)27-3)21-19-22-17-13(4-5-20-17)18(23-19)24-6-8-28-9-7-24/h4-5,10-11H,6-9H2,1-3H3,(H2,20,21,22,23). The highest BCUT2D eigenvalue weighted by Gasteiger charge is 2.19. The molecule has 1 aliphatic rings. The van der Waals surface area contributed by atoms with Gasteiger partial charge in [-0.1, -0.05) is 0 Å². The van der Waals surface area contributed by atoms with Crippen molar-refractivity contribution in [2.24, 2.45) is 0 Å². The smallest absolute Gasteiger partial charge is 0.231 e. The number of nitrogens with one attached hydrogen (secondary N) is 2. The monoisotopic (exact) mass is 385 g/mol. The Balaban J connectivity index is 1.72. The molecule has 0 amide bonds. The summed E-state index contributed by atoms with van der Waals surface area (Å²) in [5.74, 6) is 3.00. The second kappa shape index (κ2) is 7.81. The summed E-state index contributed by atoms with van der Waals surface area (Å²) in [4.78, 5) is 14.7. The van der Waals surface area contributed by atoms with Crippen LogP contribution in [0.4, 0.5) is 17.5 Å². The normalized spacial score (nSPS) is 14.2. The van der Waals surface area contributed by atoms with Crippen LogP contribution < -0.4 is 24.4 Å². The van der Waals surface area contributed by atoms with E-state index < -0.39 is 0 Å². The topological polar surface area (TPSA) is 93.8 Å². The molecule has 0 bridgehead atoms.